The minimum Gasteiger partial charge on any atom is -0.478 e. The molecule has 4 aromatic carbocycles. The van der Waals surface area contributed by atoms with Gasteiger partial charge in [-0.1, -0.05) is 78.9 Å². The van der Waals surface area contributed by atoms with E-state index < -0.39 is 5.97 Å². The largest absolute Gasteiger partial charge is 0.478 e. The second kappa shape index (κ2) is 5.92. The summed E-state index contributed by atoms with van der Waals surface area (Å²) in [6.45, 7) is 0. The lowest BCUT2D eigenvalue weighted by Crippen LogP contribution is -2.28. The molecule has 0 spiro atoms. The number of carbonyl (C=O) groups is 1. The third-order valence-electron chi connectivity index (χ3n) is 6.42. The SMILES string of the molecule is O=C(O)c1ccc(-c2cccc3c2C2c4ccccc4C3c3ccccc32)cc1. The Morgan fingerprint density at radius 2 is 1.10 bits per heavy atom. The van der Waals surface area contributed by atoms with Gasteiger partial charge in [-0.15, -0.1) is 0 Å². The molecule has 0 amide bonds. The highest BCUT2D eigenvalue weighted by Gasteiger charge is 2.41. The molecule has 3 aliphatic carbocycles. The van der Waals surface area contributed by atoms with Crippen LogP contribution < -0.4 is 0 Å². The zero-order valence-corrected chi connectivity index (χ0v) is 15.7. The van der Waals surface area contributed by atoms with Crippen LogP contribution in [0.5, 0.6) is 0 Å². The van der Waals surface area contributed by atoms with Crippen LogP contribution in [-0.4, -0.2) is 11.1 Å². The molecule has 1 N–H and O–H groups in total. The number of aromatic carboxylic acids is 1. The third-order valence-corrected chi connectivity index (χ3v) is 6.42. The number of hydrogen-bond donors (Lipinski definition) is 1. The van der Waals surface area contributed by atoms with Crippen LogP contribution in [0.25, 0.3) is 11.1 Å². The van der Waals surface area contributed by atoms with Crippen LogP contribution in [0.4, 0.5) is 0 Å². The quantitative estimate of drug-likeness (QED) is 0.401. The van der Waals surface area contributed by atoms with Crippen LogP contribution in [0.2, 0.25) is 0 Å². The first-order valence-electron chi connectivity index (χ1n) is 9.88. The highest BCUT2D eigenvalue weighted by molar-refractivity contribution is 5.88. The van der Waals surface area contributed by atoms with Gasteiger partial charge in [-0.3, -0.25) is 0 Å². The predicted octanol–water partition coefficient (Wildman–Crippen LogP) is 6.04. The molecule has 2 bridgehead atoms. The van der Waals surface area contributed by atoms with Crippen LogP contribution in [0.1, 0.15) is 55.6 Å². The fourth-order valence-corrected chi connectivity index (χ4v) is 5.26. The summed E-state index contributed by atoms with van der Waals surface area (Å²) in [5.41, 5.74) is 10.9. The van der Waals surface area contributed by atoms with Gasteiger partial charge in [0.25, 0.3) is 0 Å². The van der Waals surface area contributed by atoms with E-state index in [1.54, 1.807) is 12.1 Å². The molecule has 0 aliphatic heterocycles. The second-order valence-electron chi connectivity index (χ2n) is 7.81. The van der Waals surface area contributed by atoms with E-state index >= 15 is 0 Å². The normalized spacial score (nSPS) is 17.9. The average molecular weight is 374 g/mol. The van der Waals surface area contributed by atoms with E-state index in [1.807, 2.05) is 12.1 Å². The van der Waals surface area contributed by atoms with Gasteiger partial charge in [-0.2, -0.15) is 0 Å². The fourth-order valence-electron chi connectivity index (χ4n) is 5.26. The molecule has 0 atom stereocenters. The number of carboxylic acid groups (broad SMARTS) is 1. The topological polar surface area (TPSA) is 37.3 Å². The van der Waals surface area contributed by atoms with Crippen molar-refractivity contribution >= 4 is 5.97 Å². The minimum absolute atomic E-state index is 0.206. The van der Waals surface area contributed by atoms with Crippen molar-refractivity contribution in [2.75, 3.05) is 0 Å². The highest BCUT2D eigenvalue weighted by atomic mass is 16.4. The van der Waals surface area contributed by atoms with Crippen molar-refractivity contribution in [2.45, 2.75) is 11.8 Å². The fraction of sp³-hybridized carbons (Fsp3) is 0.0741. The molecule has 4 aromatic rings. The van der Waals surface area contributed by atoms with E-state index in [0.717, 1.165) is 5.56 Å². The van der Waals surface area contributed by atoms with Gasteiger partial charge < -0.3 is 5.11 Å². The van der Waals surface area contributed by atoms with E-state index in [9.17, 15) is 9.90 Å². The van der Waals surface area contributed by atoms with Gasteiger partial charge >= 0.3 is 5.97 Å². The Morgan fingerprint density at radius 1 is 0.586 bits per heavy atom. The maximum absolute atomic E-state index is 11.3. The summed E-state index contributed by atoms with van der Waals surface area (Å²) in [4.78, 5) is 11.3. The second-order valence-corrected chi connectivity index (χ2v) is 7.81. The third kappa shape index (κ3) is 2.20. The molecule has 3 aliphatic rings. The van der Waals surface area contributed by atoms with E-state index in [-0.39, 0.29) is 11.8 Å². The zero-order chi connectivity index (χ0) is 19.5. The molecule has 2 nitrogen and oxygen atoms in total. The van der Waals surface area contributed by atoms with Crippen LogP contribution in [-0.2, 0) is 0 Å². The Balaban J connectivity index is 1.62. The average Bonchev–Trinajstić information content (AvgIpc) is 2.78. The maximum atomic E-state index is 11.3. The molecule has 0 heterocycles. The first kappa shape index (κ1) is 16.3. The van der Waals surface area contributed by atoms with Crippen molar-refractivity contribution < 1.29 is 9.90 Å². The number of carboxylic acids is 1. The Kier molecular flexibility index (Phi) is 3.33. The van der Waals surface area contributed by atoms with Crippen LogP contribution in [0.15, 0.2) is 91.0 Å². The maximum Gasteiger partial charge on any atom is 0.335 e. The van der Waals surface area contributed by atoms with Gasteiger partial charge in [0.05, 0.1) is 5.56 Å². The lowest BCUT2D eigenvalue weighted by molar-refractivity contribution is 0.0697. The predicted molar refractivity (Wildman–Crippen MR) is 114 cm³/mol. The Bertz CT molecular complexity index is 1240. The van der Waals surface area contributed by atoms with Crippen LogP contribution >= 0.6 is 0 Å². The molecular formula is C27H18O2. The van der Waals surface area contributed by atoms with Crippen LogP contribution in [0.3, 0.4) is 0 Å². The Labute approximate surface area is 169 Å². The Hall–Kier alpha value is -3.65. The highest BCUT2D eigenvalue weighted by Crippen LogP contribution is 2.57. The minimum atomic E-state index is -0.895. The summed E-state index contributed by atoms with van der Waals surface area (Å²) in [5.74, 6) is -0.438. The first-order valence-corrected chi connectivity index (χ1v) is 9.88. The van der Waals surface area contributed by atoms with Crippen molar-refractivity contribution in [3.05, 3.63) is 130 Å². The summed E-state index contributed by atoms with van der Waals surface area (Å²) >= 11 is 0. The smallest absolute Gasteiger partial charge is 0.335 e. The van der Waals surface area contributed by atoms with E-state index in [2.05, 4.69) is 66.7 Å². The summed E-state index contributed by atoms with van der Waals surface area (Å²) in [6, 6.07) is 31.4. The molecule has 29 heavy (non-hydrogen) atoms. The standard InChI is InChI=1S/C27H18O2/c28-27(29)17-14-12-16(13-15-17)18-10-5-11-23-24-19-6-1-3-8-21(19)26(25(18)23)22-9-4-2-7-20(22)24/h1-15,24,26H,(H,28,29). The molecule has 0 saturated carbocycles. The molecule has 0 fully saturated rings. The van der Waals surface area contributed by atoms with E-state index in [0.29, 0.717) is 5.56 Å². The van der Waals surface area contributed by atoms with Crippen molar-refractivity contribution in [3.63, 3.8) is 0 Å². The first-order chi connectivity index (χ1) is 14.2. The lowest BCUT2D eigenvalue weighted by Gasteiger charge is -2.43. The number of hydrogen-bond acceptors (Lipinski definition) is 1. The molecule has 0 radical (unpaired) electrons. The molecule has 7 rings (SSSR count). The van der Waals surface area contributed by atoms with Gasteiger partial charge in [-0.25, -0.2) is 4.79 Å². The molecule has 138 valence electrons. The van der Waals surface area contributed by atoms with E-state index in [4.69, 9.17) is 0 Å². The van der Waals surface area contributed by atoms with Crippen molar-refractivity contribution in [3.8, 4) is 11.1 Å². The van der Waals surface area contributed by atoms with Crippen LogP contribution in [0, 0.1) is 0 Å². The summed E-state index contributed by atoms with van der Waals surface area (Å²) in [7, 11) is 0. The molecule has 0 unspecified atom stereocenters. The molecule has 0 aromatic heterocycles. The van der Waals surface area contributed by atoms with Gasteiger partial charge in [0.1, 0.15) is 0 Å². The van der Waals surface area contributed by atoms with E-state index in [1.165, 1.54) is 38.9 Å². The lowest BCUT2D eigenvalue weighted by atomic mass is 9.60. The van der Waals surface area contributed by atoms with Gasteiger partial charge in [0.15, 0.2) is 0 Å². The molecule has 2 heteroatoms. The summed E-state index contributed by atoms with van der Waals surface area (Å²) in [5, 5.41) is 9.24. The zero-order valence-electron chi connectivity index (χ0n) is 15.7. The van der Waals surface area contributed by atoms with Crippen molar-refractivity contribution in [2.24, 2.45) is 0 Å². The van der Waals surface area contributed by atoms with Gasteiger partial charge in [-0.05, 0) is 56.6 Å². The van der Waals surface area contributed by atoms with Crippen molar-refractivity contribution in [1.82, 2.24) is 0 Å². The molecular weight excluding hydrogens is 356 g/mol. The number of rotatable bonds is 2. The van der Waals surface area contributed by atoms with Gasteiger partial charge in [0, 0.05) is 11.8 Å². The Morgan fingerprint density at radius 3 is 1.66 bits per heavy atom. The monoisotopic (exact) mass is 374 g/mol. The summed E-state index contributed by atoms with van der Waals surface area (Å²) < 4.78 is 0. The van der Waals surface area contributed by atoms with Gasteiger partial charge in [0.2, 0.25) is 0 Å². The molecule has 0 saturated heterocycles. The summed E-state index contributed by atoms with van der Waals surface area (Å²) in [6.07, 6.45) is 0. The number of benzene rings is 4. The van der Waals surface area contributed by atoms with Crippen molar-refractivity contribution in [1.29, 1.82) is 0 Å².